The molecule has 0 spiro atoms. The Labute approximate surface area is 119 Å². The number of nitrogens with zero attached hydrogens (tertiary/aromatic N) is 5. The first-order chi connectivity index (χ1) is 9.67. The topological polar surface area (TPSA) is 91.4 Å². The maximum absolute atomic E-state index is 9.19. The van der Waals surface area contributed by atoms with E-state index < -0.39 is 0 Å². The minimum atomic E-state index is 0.262. The van der Waals surface area contributed by atoms with Crippen LogP contribution in [0.3, 0.4) is 0 Å². The molecule has 1 aliphatic rings. The third-order valence-corrected chi connectivity index (χ3v) is 3.83. The van der Waals surface area contributed by atoms with Gasteiger partial charge in [0.2, 0.25) is 17.8 Å². The lowest BCUT2D eigenvalue weighted by atomic mass is 9.98. The Morgan fingerprint density at radius 2 is 1.85 bits per heavy atom. The van der Waals surface area contributed by atoms with E-state index in [4.69, 9.17) is 5.73 Å². The van der Waals surface area contributed by atoms with Crippen molar-refractivity contribution in [3.63, 3.8) is 0 Å². The van der Waals surface area contributed by atoms with Crippen LogP contribution < -0.4 is 15.5 Å². The second-order valence-electron chi connectivity index (χ2n) is 5.08. The number of anilines is 3. The summed E-state index contributed by atoms with van der Waals surface area (Å²) >= 11 is 0. The molecule has 0 atom stereocenters. The molecule has 2 heterocycles. The number of aliphatic hydroxyl groups excluding tert-OH is 1. The van der Waals surface area contributed by atoms with Gasteiger partial charge in [-0.3, -0.25) is 0 Å². The summed E-state index contributed by atoms with van der Waals surface area (Å²) in [7, 11) is 0. The highest BCUT2D eigenvalue weighted by atomic mass is 16.3. The predicted molar refractivity (Wildman–Crippen MR) is 79.8 cm³/mol. The quantitative estimate of drug-likeness (QED) is 0.812. The molecule has 1 fully saturated rings. The van der Waals surface area contributed by atoms with E-state index in [2.05, 4.69) is 38.6 Å². The van der Waals surface area contributed by atoms with Crippen molar-refractivity contribution in [1.29, 1.82) is 0 Å². The van der Waals surface area contributed by atoms with Crippen molar-refractivity contribution in [3.05, 3.63) is 0 Å². The average molecular weight is 280 g/mol. The number of piperidine rings is 1. The molecule has 112 valence electrons. The predicted octanol–water partition coefficient (Wildman–Crippen LogP) is 0.509. The Morgan fingerprint density at radius 1 is 1.20 bits per heavy atom. The van der Waals surface area contributed by atoms with Gasteiger partial charge in [0, 0.05) is 32.8 Å². The fourth-order valence-electron chi connectivity index (χ4n) is 2.47. The average Bonchev–Trinajstić information content (AvgIpc) is 2.48. The molecule has 7 heteroatoms. The molecule has 1 aromatic rings. The van der Waals surface area contributed by atoms with Crippen molar-refractivity contribution in [2.45, 2.75) is 26.7 Å². The van der Waals surface area contributed by atoms with Crippen LogP contribution in [0.25, 0.3) is 0 Å². The Hall–Kier alpha value is -1.63. The molecule has 20 heavy (non-hydrogen) atoms. The van der Waals surface area contributed by atoms with Gasteiger partial charge in [-0.15, -0.1) is 0 Å². The number of nitrogen functional groups attached to an aromatic ring is 1. The number of aromatic nitrogens is 3. The van der Waals surface area contributed by atoms with E-state index in [1.807, 2.05) is 0 Å². The minimum absolute atomic E-state index is 0.262. The van der Waals surface area contributed by atoms with Crippen molar-refractivity contribution in [1.82, 2.24) is 15.0 Å². The van der Waals surface area contributed by atoms with Gasteiger partial charge in [0.15, 0.2) is 0 Å². The number of rotatable bonds is 5. The van der Waals surface area contributed by atoms with Gasteiger partial charge >= 0.3 is 0 Å². The van der Waals surface area contributed by atoms with Crippen LogP contribution in [0, 0.1) is 5.92 Å². The van der Waals surface area contributed by atoms with Crippen LogP contribution in [0.2, 0.25) is 0 Å². The number of nitrogens with two attached hydrogens (primary N) is 1. The molecule has 3 N–H and O–H groups in total. The van der Waals surface area contributed by atoms with Crippen LogP contribution in [0.5, 0.6) is 0 Å². The highest BCUT2D eigenvalue weighted by molar-refractivity contribution is 5.43. The Balaban J connectivity index is 2.16. The van der Waals surface area contributed by atoms with Gasteiger partial charge in [-0.25, -0.2) is 0 Å². The molecule has 0 radical (unpaired) electrons. The van der Waals surface area contributed by atoms with Crippen LogP contribution >= 0.6 is 0 Å². The van der Waals surface area contributed by atoms with Crippen molar-refractivity contribution < 1.29 is 5.11 Å². The molecule has 0 saturated carbocycles. The number of aliphatic hydroxyl groups is 1. The summed E-state index contributed by atoms with van der Waals surface area (Å²) in [5.74, 6) is 1.95. The minimum Gasteiger partial charge on any atom is -0.396 e. The van der Waals surface area contributed by atoms with Gasteiger partial charge in [0.25, 0.3) is 0 Å². The van der Waals surface area contributed by atoms with Crippen molar-refractivity contribution in [2.24, 2.45) is 5.92 Å². The van der Waals surface area contributed by atoms with Crippen molar-refractivity contribution >= 4 is 17.8 Å². The van der Waals surface area contributed by atoms with Crippen molar-refractivity contribution in [3.8, 4) is 0 Å². The van der Waals surface area contributed by atoms with Crippen LogP contribution in [0.1, 0.15) is 26.7 Å². The monoisotopic (exact) mass is 280 g/mol. The Morgan fingerprint density at radius 3 is 2.40 bits per heavy atom. The zero-order chi connectivity index (χ0) is 14.5. The third-order valence-electron chi connectivity index (χ3n) is 3.83. The van der Waals surface area contributed by atoms with Gasteiger partial charge in [-0.1, -0.05) is 0 Å². The molecule has 0 bridgehead atoms. The standard InChI is InChI=1S/C13H24N6O/c1-3-18(4-2)12-15-11(14)16-13(17-12)19-7-5-10(9-20)6-8-19/h10,20H,3-9H2,1-2H3,(H2,14,15,16,17). The second-order valence-corrected chi connectivity index (χ2v) is 5.08. The van der Waals surface area contributed by atoms with E-state index in [1.165, 1.54) is 0 Å². The number of hydrogen-bond donors (Lipinski definition) is 2. The van der Waals surface area contributed by atoms with E-state index in [0.29, 0.717) is 17.8 Å². The van der Waals surface area contributed by atoms with Crippen LogP contribution in [0.4, 0.5) is 17.8 Å². The maximum atomic E-state index is 9.19. The van der Waals surface area contributed by atoms with Gasteiger partial charge in [0.05, 0.1) is 0 Å². The molecule has 0 amide bonds. The number of hydrogen-bond acceptors (Lipinski definition) is 7. The molecular formula is C13H24N6O. The van der Waals surface area contributed by atoms with E-state index >= 15 is 0 Å². The summed E-state index contributed by atoms with van der Waals surface area (Å²) in [4.78, 5) is 17.2. The normalized spacial score (nSPS) is 16.4. The fourth-order valence-corrected chi connectivity index (χ4v) is 2.47. The van der Waals surface area contributed by atoms with Gasteiger partial charge < -0.3 is 20.6 Å². The first-order valence-electron chi connectivity index (χ1n) is 7.30. The molecule has 0 aliphatic carbocycles. The van der Waals surface area contributed by atoms with Crippen LogP contribution in [0.15, 0.2) is 0 Å². The van der Waals surface area contributed by atoms with Crippen LogP contribution in [-0.2, 0) is 0 Å². The summed E-state index contributed by atoms with van der Waals surface area (Å²) in [6.07, 6.45) is 1.92. The van der Waals surface area contributed by atoms with Gasteiger partial charge in [0.1, 0.15) is 0 Å². The molecule has 1 saturated heterocycles. The summed E-state index contributed by atoms with van der Waals surface area (Å²) in [5, 5.41) is 9.19. The van der Waals surface area contributed by atoms with E-state index in [1.54, 1.807) is 0 Å². The molecule has 0 aromatic carbocycles. The first kappa shape index (κ1) is 14.8. The van der Waals surface area contributed by atoms with Gasteiger partial charge in [-0.05, 0) is 32.6 Å². The van der Waals surface area contributed by atoms with Crippen molar-refractivity contribution in [2.75, 3.05) is 48.3 Å². The third kappa shape index (κ3) is 3.27. The lowest BCUT2D eigenvalue weighted by molar-refractivity contribution is 0.202. The fraction of sp³-hybridized carbons (Fsp3) is 0.769. The van der Waals surface area contributed by atoms with E-state index in [0.717, 1.165) is 39.0 Å². The first-order valence-corrected chi connectivity index (χ1v) is 7.30. The SMILES string of the molecule is CCN(CC)c1nc(N)nc(N2CCC(CO)CC2)n1. The van der Waals surface area contributed by atoms with Crippen LogP contribution in [-0.4, -0.2) is 52.8 Å². The summed E-state index contributed by atoms with van der Waals surface area (Å²) in [6.45, 7) is 7.78. The molecule has 1 aliphatic heterocycles. The molecule has 2 rings (SSSR count). The highest BCUT2D eigenvalue weighted by Crippen LogP contribution is 2.22. The van der Waals surface area contributed by atoms with E-state index in [9.17, 15) is 5.11 Å². The smallest absolute Gasteiger partial charge is 0.231 e. The highest BCUT2D eigenvalue weighted by Gasteiger charge is 2.21. The summed E-state index contributed by atoms with van der Waals surface area (Å²) in [5.41, 5.74) is 5.81. The largest absolute Gasteiger partial charge is 0.396 e. The van der Waals surface area contributed by atoms with E-state index in [-0.39, 0.29) is 12.6 Å². The zero-order valence-electron chi connectivity index (χ0n) is 12.3. The lowest BCUT2D eigenvalue weighted by Crippen LogP contribution is -2.36. The van der Waals surface area contributed by atoms with Gasteiger partial charge in [-0.2, -0.15) is 15.0 Å². The summed E-state index contributed by atoms with van der Waals surface area (Å²) < 4.78 is 0. The molecule has 7 nitrogen and oxygen atoms in total. The second kappa shape index (κ2) is 6.69. The Kier molecular flexibility index (Phi) is 4.94. The zero-order valence-corrected chi connectivity index (χ0v) is 12.3. The Bertz CT molecular complexity index is 429. The lowest BCUT2D eigenvalue weighted by Gasteiger charge is -2.31. The maximum Gasteiger partial charge on any atom is 0.231 e. The summed E-state index contributed by atoms with van der Waals surface area (Å²) in [6, 6.07) is 0. The molecular weight excluding hydrogens is 256 g/mol. The molecule has 0 unspecified atom stereocenters. The molecule has 1 aromatic heterocycles.